The predicted molar refractivity (Wildman–Crippen MR) is 113 cm³/mol. The summed E-state index contributed by atoms with van der Waals surface area (Å²) >= 11 is 18.4. The number of ether oxygens (including phenoxy) is 1. The average molecular weight is 421 g/mol. The number of esters is 1. The number of allylic oxidation sites excluding steroid dienone is 1. The van der Waals surface area contributed by atoms with E-state index in [9.17, 15) is 4.79 Å². The molecule has 0 aromatic heterocycles. The Bertz CT molecular complexity index is 895. The molecule has 0 amide bonds. The van der Waals surface area contributed by atoms with Crippen molar-refractivity contribution in [2.75, 3.05) is 11.5 Å². The highest BCUT2D eigenvalue weighted by atomic mass is 35.5. The lowest BCUT2D eigenvalue weighted by Gasteiger charge is -2.38. The monoisotopic (exact) mass is 420 g/mol. The molecule has 1 aliphatic heterocycles. The van der Waals surface area contributed by atoms with Gasteiger partial charge in [0.25, 0.3) is 0 Å². The lowest BCUT2D eigenvalue weighted by atomic mass is 9.94. The van der Waals surface area contributed by atoms with Gasteiger partial charge >= 0.3 is 5.97 Å². The molecular weight excluding hydrogens is 403 g/mol. The zero-order valence-corrected chi connectivity index (χ0v) is 17.2. The fraction of sp³-hybridized carbons (Fsp3) is 0.200. The van der Waals surface area contributed by atoms with Gasteiger partial charge in [-0.25, -0.2) is 4.79 Å². The van der Waals surface area contributed by atoms with Crippen LogP contribution in [0.4, 0.5) is 5.69 Å². The molecule has 4 nitrogen and oxygen atoms in total. The summed E-state index contributed by atoms with van der Waals surface area (Å²) in [5.41, 5.74) is 2.53. The molecule has 2 aromatic rings. The third-order valence-corrected chi connectivity index (χ3v) is 5.24. The van der Waals surface area contributed by atoms with Gasteiger partial charge in [-0.3, -0.25) is 4.90 Å². The number of benzene rings is 2. The molecule has 27 heavy (non-hydrogen) atoms. The Morgan fingerprint density at radius 2 is 1.78 bits per heavy atom. The molecule has 3 rings (SSSR count). The lowest BCUT2D eigenvalue weighted by Crippen LogP contribution is -2.48. The van der Waals surface area contributed by atoms with E-state index in [4.69, 9.17) is 40.2 Å². The normalized spacial score (nSPS) is 17.0. The minimum absolute atomic E-state index is 0.258. The lowest BCUT2D eigenvalue weighted by molar-refractivity contribution is -0.139. The van der Waals surface area contributed by atoms with Crippen LogP contribution in [0.5, 0.6) is 0 Å². The van der Waals surface area contributed by atoms with Gasteiger partial charge in [0.15, 0.2) is 5.11 Å². The van der Waals surface area contributed by atoms with Gasteiger partial charge in [-0.05, 0) is 50.3 Å². The number of hydrogen-bond donors (Lipinski definition) is 1. The molecule has 0 saturated carbocycles. The van der Waals surface area contributed by atoms with E-state index in [1.165, 1.54) is 0 Å². The Hall–Kier alpha value is -2.08. The number of anilines is 1. The van der Waals surface area contributed by atoms with E-state index in [0.29, 0.717) is 32.0 Å². The second kappa shape index (κ2) is 8.30. The first kappa shape index (κ1) is 19.7. The molecule has 7 heteroatoms. The summed E-state index contributed by atoms with van der Waals surface area (Å²) in [5.74, 6) is -0.438. The number of nitrogens with zero attached hydrogens (tertiary/aromatic N) is 1. The topological polar surface area (TPSA) is 41.6 Å². The number of nitrogens with one attached hydrogen (secondary N) is 1. The molecule has 0 spiro atoms. The van der Waals surface area contributed by atoms with Crippen LogP contribution in [-0.4, -0.2) is 17.7 Å². The van der Waals surface area contributed by atoms with E-state index in [1.54, 1.807) is 25.1 Å². The van der Waals surface area contributed by atoms with E-state index in [2.05, 4.69) is 5.32 Å². The second-order valence-electron chi connectivity index (χ2n) is 5.91. The molecule has 0 aliphatic carbocycles. The minimum Gasteiger partial charge on any atom is -0.463 e. The third kappa shape index (κ3) is 3.81. The van der Waals surface area contributed by atoms with Gasteiger partial charge in [-0.15, -0.1) is 0 Å². The van der Waals surface area contributed by atoms with Crippen molar-refractivity contribution in [1.82, 2.24) is 5.32 Å². The number of hydrogen-bond acceptors (Lipinski definition) is 3. The molecule has 0 fully saturated rings. The van der Waals surface area contributed by atoms with E-state index in [0.717, 1.165) is 5.69 Å². The maximum Gasteiger partial charge on any atom is 0.338 e. The zero-order chi connectivity index (χ0) is 19.6. The van der Waals surface area contributed by atoms with Crippen LogP contribution >= 0.6 is 35.4 Å². The van der Waals surface area contributed by atoms with Gasteiger partial charge < -0.3 is 10.1 Å². The summed E-state index contributed by atoms with van der Waals surface area (Å²) in [6.45, 7) is 3.86. The molecular formula is C20H18Cl2N2O2S. The highest BCUT2D eigenvalue weighted by molar-refractivity contribution is 7.80. The van der Waals surface area contributed by atoms with Crippen molar-refractivity contribution in [3.05, 3.63) is 75.4 Å². The summed E-state index contributed by atoms with van der Waals surface area (Å²) in [5, 5.41) is 4.56. The van der Waals surface area contributed by atoms with Crippen molar-refractivity contribution in [2.45, 2.75) is 19.9 Å². The quantitative estimate of drug-likeness (QED) is 0.538. The number of halogens is 2. The SMILES string of the molecule is CCOC(=O)C1=C(C)N(c2ccccc2)C(=S)NC1c1c(Cl)cccc1Cl. The van der Waals surface area contributed by atoms with Crippen LogP contribution in [0.15, 0.2) is 59.8 Å². The summed E-state index contributed by atoms with van der Waals surface area (Å²) < 4.78 is 5.31. The van der Waals surface area contributed by atoms with Crippen LogP contribution in [0.25, 0.3) is 0 Å². The Kier molecular flexibility index (Phi) is 6.05. The summed E-state index contributed by atoms with van der Waals surface area (Å²) in [4.78, 5) is 14.6. The largest absolute Gasteiger partial charge is 0.463 e. The van der Waals surface area contributed by atoms with E-state index >= 15 is 0 Å². The van der Waals surface area contributed by atoms with Crippen LogP contribution < -0.4 is 10.2 Å². The Labute approximate surface area is 173 Å². The number of carbonyl (C=O) groups is 1. The van der Waals surface area contributed by atoms with Gasteiger partial charge in [-0.1, -0.05) is 47.5 Å². The van der Waals surface area contributed by atoms with Crippen molar-refractivity contribution in [2.24, 2.45) is 0 Å². The van der Waals surface area contributed by atoms with Gasteiger partial charge in [0.2, 0.25) is 0 Å². The van der Waals surface area contributed by atoms with Gasteiger partial charge in [0.05, 0.1) is 18.2 Å². The number of carbonyl (C=O) groups excluding carboxylic acids is 1. The molecule has 1 N–H and O–H groups in total. The van der Waals surface area contributed by atoms with Gasteiger partial charge in [0, 0.05) is 27.0 Å². The third-order valence-electron chi connectivity index (χ3n) is 4.28. The Morgan fingerprint density at radius 1 is 1.15 bits per heavy atom. The zero-order valence-electron chi connectivity index (χ0n) is 14.8. The molecule has 140 valence electrons. The summed E-state index contributed by atoms with van der Waals surface area (Å²) in [7, 11) is 0. The first-order valence-corrected chi connectivity index (χ1v) is 9.59. The van der Waals surface area contributed by atoms with Crippen LogP contribution in [0, 0.1) is 0 Å². The van der Waals surface area contributed by atoms with E-state index < -0.39 is 12.0 Å². The fourth-order valence-corrected chi connectivity index (χ4v) is 4.08. The predicted octanol–water partition coefficient (Wildman–Crippen LogP) is 5.27. The molecule has 1 aliphatic rings. The molecule has 0 bridgehead atoms. The molecule has 0 radical (unpaired) electrons. The van der Waals surface area contributed by atoms with Crippen molar-refractivity contribution in [3.8, 4) is 0 Å². The smallest absolute Gasteiger partial charge is 0.338 e. The van der Waals surface area contributed by atoms with Crippen molar-refractivity contribution >= 4 is 52.2 Å². The minimum atomic E-state index is -0.599. The number of para-hydroxylation sites is 1. The highest BCUT2D eigenvalue weighted by Crippen LogP contribution is 2.39. The van der Waals surface area contributed by atoms with Gasteiger partial charge in [-0.2, -0.15) is 0 Å². The Balaban J connectivity index is 2.19. The van der Waals surface area contributed by atoms with E-state index in [-0.39, 0.29) is 6.61 Å². The summed E-state index contributed by atoms with van der Waals surface area (Å²) in [6.07, 6.45) is 0. The van der Waals surface area contributed by atoms with Crippen molar-refractivity contribution < 1.29 is 9.53 Å². The van der Waals surface area contributed by atoms with Crippen LogP contribution in [-0.2, 0) is 9.53 Å². The maximum atomic E-state index is 12.8. The van der Waals surface area contributed by atoms with Crippen LogP contribution in [0.2, 0.25) is 10.0 Å². The molecule has 2 aromatic carbocycles. The van der Waals surface area contributed by atoms with Crippen LogP contribution in [0.3, 0.4) is 0 Å². The molecule has 1 atom stereocenters. The standard InChI is InChI=1S/C20H18Cl2N2O2S/c1-3-26-19(25)16-12(2)24(13-8-5-4-6-9-13)20(27)23-18(16)17-14(21)10-7-11-15(17)22/h4-11,18H,3H2,1-2H3,(H,23,27). The highest BCUT2D eigenvalue weighted by Gasteiger charge is 2.37. The van der Waals surface area contributed by atoms with Crippen molar-refractivity contribution in [1.29, 1.82) is 0 Å². The number of thiocarbonyl (C=S) groups is 1. The average Bonchev–Trinajstić information content (AvgIpc) is 2.62. The van der Waals surface area contributed by atoms with Crippen molar-refractivity contribution in [3.63, 3.8) is 0 Å². The first-order chi connectivity index (χ1) is 13.0. The second-order valence-corrected chi connectivity index (χ2v) is 7.11. The van der Waals surface area contributed by atoms with Gasteiger partial charge in [0.1, 0.15) is 0 Å². The molecule has 1 unspecified atom stereocenters. The summed E-state index contributed by atoms with van der Waals surface area (Å²) in [6, 6.07) is 14.2. The maximum absolute atomic E-state index is 12.8. The molecule has 0 saturated heterocycles. The number of rotatable bonds is 4. The molecule has 1 heterocycles. The van der Waals surface area contributed by atoms with E-state index in [1.807, 2.05) is 42.2 Å². The fourth-order valence-electron chi connectivity index (χ4n) is 3.11. The first-order valence-electron chi connectivity index (χ1n) is 8.43. The van der Waals surface area contributed by atoms with Crippen LogP contribution in [0.1, 0.15) is 25.5 Å². The Morgan fingerprint density at radius 3 is 2.37 bits per heavy atom.